The molecule has 1 heterocycles. The van der Waals surface area contributed by atoms with E-state index in [0.717, 1.165) is 23.6 Å². The van der Waals surface area contributed by atoms with Gasteiger partial charge in [0, 0.05) is 23.7 Å². The summed E-state index contributed by atoms with van der Waals surface area (Å²) < 4.78 is 79.9. The first-order valence-electron chi connectivity index (χ1n) is 16.2. The van der Waals surface area contributed by atoms with Crippen molar-refractivity contribution in [2.24, 2.45) is 23.7 Å². The summed E-state index contributed by atoms with van der Waals surface area (Å²) in [5, 5.41) is -1.12. The van der Waals surface area contributed by atoms with Crippen LogP contribution in [-0.2, 0) is 51.6 Å². The van der Waals surface area contributed by atoms with Crippen molar-refractivity contribution < 1.29 is 44.6 Å². The van der Waals surface area contributed by atoms with E-state index in [9.17, 15) is 31.0 Å². The first-order chi connectivity index (χ1) is 22.5. The van der Waals surface area contributed by atoms with E-state index in [1.807, 2.05) is 24.3 Å². The van der Waals surface area contributed by atoms with Crippen molar-refractivity contribution >= 4 is 32.2 Å². The predicted octanol–water partition coefficient (Wildman–Crippen LogP) is 3.95. The van der Waals surface area contributed by atoms with Crippen molar-refractivity contribution in [2.75, 3.05) is 0 Å². The molecular weight excluding hydrogens is 645 g/mol. The van der Waals surface area contributed by atoms with Gasteiger partial charge in [-0.2, -0.15) is 8.42 Å². The summed E-state index contributed by atoms with van der Waals surface area (Å²) in [4.78, 5) is 27.7. The zero-order valence-electron chi connectivity index (χ0n) is 25.1. The minimum atomic E-state index is -4.73. The van der Waals surface area contributed by atoms with Gasteiger partial charge in [0.25, 0.3) is 10.1 Å². The van der Waals surface area contributed by atoms with Gasteiger partial charge in [-0.15, -0.1) is 0 Å². The van der Waals surface area contributed by atoms with Crippen LogP contribution in [0.4, 0.5) is 0 Å². The lowest BCUT2D eigenvalue weighted by molar-refractivity contribution is -0.166. The number of hydrogen-bond acceptors (Lipinski definition) is 10. The minimum Gasteiger partial charge on any atom is -0.744 e. The van der Waals surface area contributed by atoms with E-state index in [-0.39, 0.29) is 22.5 Å². The van der Waals surface area contributed by atoms with Crippen LogP contribution in [0.3, 0.4) is 0 Å². The van der Waals surface area contributed by atoms with Crippen molar-refractivity contribution in [1.82, 2.24) is 0 Å². The Morgan fingerprint density at radius 1 is 0.809 bits per heavy atom. The topological polar surface area (TPSA) is 153 Å². The molecule has 244 valence electrons. The van der Waals surface area contributed by atoms with E-state index in [1.165, 1.54) is 17.2 Å². The molecule has 0 spiro atoms. The lowest BCUT2D eigenvalue weighted by Crippen LogP contribution is -2.48. The molecule has 10 rings (SSSR count). The molecule has 7 aliphatic rings. The zero-order valence-corrected chi connectivity index (χ0v) is 26.7. The largest absolute Gasteiger partial charge is 0.744 e. The highest BCUT2D eigenvalue weighted by atomic mass is 32.2. The predicted molar refractivity (Wildman–Crippen MR) is 164 cm³/mol. The van der Waals surface area contributed by atoms with Crippen molar-refractivity contribution in [2.45, 2.75) is 72.7 Å². The quantitative estimate of drug-likeness (QED) is 0.168. The second-order valence-electron chi connectivity index (χ2n) is 13.7. The third-order valence-electron chi connectivity index (χ3n) is 11.6. The highest BCUT2D eigenvalue weighted by molar-refractivity contribution is 7.87. The number of benzene rings is 3. The maximum atomic E-state index is 14.1. The summed E-state index contributed by atoms with van der Waals surface area (Å²) in [7, 11) is -8.89. The first kappa shape index (κ1) is 29.6. The Kier molecular flexibility index (Phi) is 6.42. The van der Waals surface area contributed by atoms with E-state index in [2.05, 4.69) is 24.3 Å². The average Bonchev–Trinajstić information content (AvgIpc) is 3.67. The van der Waals surface area contributed by atoms with Gasteiger partial charge >= 0.3 is 11.9 Å². The normalized spacial score (nSPS) is 33.5. The van der Waals surface area contributed by atoms with Crippen LogP contribution in [0.2, 0.25) is 0 Å². The van der Waals surface area contributed by atoms with Crippen molar-refractivity contribution in [3.63, 3.8) is 0 Å². The highest BCUT2D eigenvalue weighted by Crippen LogP contribution is 2.60. The van der Waals surface area contributed by atoms with E-state index in [4.69, 9.17) is 13.7 Å². The van der Waals surface area contributed by atoms with E-state index in [1.54, 1.807) is 0 Å². The van der Waals surface area contributed by atoms with Gasteiger partial charge in [0.2, 0.25) is 0 Å². The first-order valence-corrected chi connectivity index (χ1v) is 19.0. The van der Waals surface area contributed by atoms with Gasteiger partial charge in [-0.05, 0) is 84.0 Å². The molecular formula is C35H31O10S2-. The maximum absolute atomic E-state index is 14.1. The van der Waals surface area contributed by atoms with Crippen LogP contribution in [0, 0.1) is 23.7 Å². The SMILES string of the molecule is O=C(OC1C2CC3C1OS(=O)(=O)C3C2C(=O)Oc1ccc(S(=O)(=O)[O-])c2c1CCCC2)C1CC2c3ccccc3C1c1ccccc12. The molecule has 7 atom stereocenters. The van der Waals surface area contributed by atoms with Crippen molar-refractivity contribution in [3.05, 3.63) is 94.0 Å². The lowest BCUT2D eigenvalue weighted by atomic mass is 9.59. The average molecular weight is 676 g/mol. The molecule has 0 N–H and O–H groups in total. The molecule has 3 aromatic rings. The number of rotatable bonds is 5. The van der Waals surface area contributed by atoms with Gasteiger partial charge in [-0.25, -0.2) is 8.42 Å². The summed E-state index contributed by atoms with van der Waals surface area (Å²) in [5.41, 5.74) is 5.43. The summed E-state index contributed by atoms with van der Waals surface area (Å²) in [6.45, 7) is 0. The molecule has 10 nitrogen and oxygen atoms in total. The van der Waals surface area contributed by atoms with Crippen LogP contribution in [-0.4, -0.2) is 50.8 Å². The fourth-order valence-corrected chi connectivity index (χ4v) is 12.7. The van der Waals surface area contributed by atoms with Gasteiger partial charge in [-0.1, -0.05) is 48.5 Å². The molecule has 3 fully saturated rings. The van der Waals surface area contributed by atoms with Crippen LogP contribution >= 0.6 is 0 Å². The molecule has 2 saturated carbocycles. The Morgan fingerprint density at radius 3 is 2.11 bits per heavy atom. The minimum absolute atomic E-state index is 0.0362. The van der Waals surface area contributed by atoms with Crippen LogP contribution < -0.4 is 4.74 Å². The molecule has 12 heteroatoms. The maximum Gasteiger partial charge on any atom is 0.316 e. The molecule has 6 aliphatic carbocycles. The molecule has 1 saturated heterocycles. The fraction of sp³-hybridized carbons (Fsp3) is 0.429. The van der Waals surface area contributed by atoms with Gasteiger partial charge in [0.15, 0.2) is 0 Å². The third kappa shape index (κ3) is 4.27. The summed E-state index contributed by atoms with van der Waals surface area (Å²) in [5.74, 6) is -4.02. The number of ether oxygens (including phenoxy) is 2. The van der Waals surface area contributed by atoms with Crippen LogP contribution in [0.25, 0.3) is 0 Å². The number of carbonyl (C=O) groups excluding carboxylic acids is 2. The highest BCUT2D eigenvalue weighted by Gasteiger charge is 2.72. The van der Waals surface area contributed by atoms with Crippen molar-refractivity contribution in [1.29, 1.82) is 0 Å². The van der Waals surface area contributed by atoms with Gasteiger partial charge in [0.05, 0.1) is 16.7 Å². The summed E-state index contributed by atoms with van der Waals surface area (Å²) in [6, 6.07) is 18.7. The summed E-state index contributed by atoms with van der Waals surface area (Å²) in [6.07, 6.45) is 1.28. The molecule has 47 heavy (non-hydrogen) atoms. The number of esters is 2. The smallest absolute Gasteiger partial charge is 0.316 e. The van der Waals surface area contributed by atoms with Crippen LogP contribution in [0.15, 0.2) is 65.6 Å². The Hall–Kier alpha value is -3.58. The Bertz CT molecular complexity index is 2040. The van der Waals surface area contributed by atoms with Gasteiger partial charge < -0.3 is 14.0 Å². The third-order valence-corrected chi connectivity index (χ3v) is 14.3. The lowest BCUT2D eigenvalue weighted by Gasteiger charge is -2.45. The monoisotopic (exact) mass is 675 g/mol. The Balaban J connectivity index is 1.02. The van der Waals surface area contributed by atoms with Crippen molar-refractivity contribution in [3.8, 4) is 5.75 Å². The summed E-state index contributed by atoms with van der Waals surface area (Å²) >= 11 is 0. The Morgan fingerprint density at radius 2 is 1.45 bits per heavy atom. The molecule has 0 aromatic heterocycles. The van der Waals surface area contributed by atoms with Crippen LogP contribution in [0.1, 0.15) is 70.9 Å². The molecule has 0 radical (unpaired) electrons. The Labute approximate surface area is 272 Å². The number of carbonyl (C=O) groups is 2. The van der Waals surface area contributed by atoms with E-state index >= 15 is 0 Å². The standard InChI is InChI=1S/C35H32O10S2/c36-34(25-15-23-17-7-1-5-11-21(17)29(25)22-12-6-2-8-18(22)23)44-31-24-16-26-32(31)45-47(41,42)33(26)30(24)35(37)43-27-13-14-28(46(38,39)40)20-10-4-3-9-19(20)27/h1-2,5-8,11-14,23-26,29-33H,3-4,9-10,15-16H2,(H,38,39,40)/p-1. The molecule has 7 unspecified atom stereocenters. The molecule has 4 bridgehead atoms. The molecule has 3 aromatic carbocycles. The van der Waals surface area contributed by atoms with E-state index < -0.39 is 73.3 Å². The van der Waals surface area contributed by atoms with Crippen LogP contribution in [0.5, 0.6) is 5.75 Å². The fourth-order valence-electron chi connectivity index (χ4n) is 9.85. The zero-order chi connectivity index (χ0) is 32.4. The van der Waals surface area contributed by atoms with Gasteiger partial charge in [0.1, 0.15) is 33.3 Å². The number of hydrogen-bond donors (Lipinski definition) is 0. The number of fused-ring (bicyclic) bond motifs is 3. The molecule has 1 aliphatic heterocycles. The second kappa shape index (κ2) is 10.2. The second-order valence-corrected chi connectivity index (χ2v) is 16.8. The van der Waals surface area contributed by atoms with Gasteiger partial charge in [-0.3, -0.25) is 13.8 Å². The molecule has 0 amide bonds. The van der Waals surface area contributed by atoms with E-state index in [0.29, 0.717) is 43.2 Å².